The smallest absolute Gasteiger partial charge is 0.348 e. The molecule has 0 unspecified atom stereocenters. The highest BCUT2D eigenvalue weighted by Gasteiger charge is 2.15. The molecule has 0 saturated heterocycles. The lowest BCUT2D eigenvalue weighted by atomic mass is 10.2. The molecule has 0 aliphatic heterocycles. The van der Waals surface area contributed by atoms with Crippen LogP contribution in [0.25, 0.3) is 0 Å². The first-order valence-corrected chi connectivity index (χ1v) is 7.78. The van der Waals surface area contributed by atoms with Crippen molar-refractivity contribution in [3.05, 3.63) is 40.8 Å². The number of methoxy groups -OCH3 is 1. The van der Waals surface area contributed by atoms with Crippen LogP contribution in [0.1, 0.15) is 15.2 Å². The number of carbonyl (C=O) groups excluding carboxylic acids is 1. The molecule has 0 aliphatic rings. The second-order valence-electron chi connectivity index (χ2n) is 3.95. The van der Waals surface area contributed by atoms with Crippen molar-refractivity contribution in [2.75, 3.05) is 18.7 Å². The summed E-state index contributed by atoms with van der Waals surface area (Å²) < 4.78 is 5.83. The largest absolute Gasteiger partial charge is 0.465 e. The third-order valence-corrected chi connectivity index (χ3v) is 4.93. The van der Waals surface area contributed by atoms with Gasteiger partial charge in [0.1, 0.15) is 4.88 Å². The molecule has 1 aromatic heterocycles. The van der Waals surface area contributed by atoms with Gasteiger partial charge in [-0.3, -0.25) is 0 Å². The summed E-state index contributed by atoms with van der Waals surface area (Å²) in [6.45, 7) is 2.05. The van der Waals surface area contributed by atoms with E-state index < -0.39 is 0 Å². The Hall–Kier alpha value is -1.46. The van der Waals surface area contributed by atoms with Gasteiger partial charge in [0, 0.05) is 5.69 Å². The average molecular weight is 293 g/mol. The summed E-state index contributed by atoms with van der Waals surface area (Å²) in [5, 5.41) is 3.37. The van der Waals surface area contributed by atoms with Gasteiger partial charge in [-0.2, -0.15) is 0 Å². The van der Waals surface area contributed by atoms with Crippen molar-refractivity contribution >= 4 is 40.4 Å². The first-order chi connectivity index (χ1) is 9.15. The van der Waals surface area contributed by atoms with Crippen LogP contribution in [0.15, 0.2) is 34.5 Å². The average Bonchev–Trinajstić information content (AvgIpc) is 2.83. The maximum Gasteiger partial charge on any atom is 0.348 e. The zero-order valence-corrected chi connectivity index (χ0v) is 12.7. The van der Waals surface area contributed by atoms with Crippen molar-refractivity contribution in [3.63, 3.8) is 0 Å². The van der Waals surface area contributed by atoms with Gasteiger partial charge in [0.15, 0.2) is 0 Å². The molecule has 0 saturated carbocycles. The molecule has 0 aliphatic carbocycles. The first kappa shape index (κ1) is 14.0. The molecule has 0 atom stereocenters. The van der Waals surface area contributed by atoms with E-state index in [1.807, 2.05) is 30.5 Å². The van der Waals surface area contributed by atoms with E-state index in [4.69, 9.17) is 4.74 Å². The lowest BCUT2D eigenvalue weighted by molar-refractivity contribution is 0.0606. The van der Waals surface area contributed by atoms with Gasteiger partial charge >= 0.3 is 5.97 Å². The van der Waals surface area contributed by atoms with E-state index in [1.54, 1.807) is 11.8 Å². The molecule has 1 aromatic carbocycles. The van der Waals surface area contributed by atoms with Gasteiger partial charge in [-0.25, -0.2) is 4.79 Å². The maximum atomic E-state index is 11.6. The predicted octanol–water partition coefficient (Wildman–Crippen LogP) is 4.31. The number of aryl methyl sites for hydroxylation is 1. The molecule has 19 heavy (non-hydrogen) atoms. The highest BCUT2D eigenvalue weighted by atomic mass is 32.2. The molecule has 0 amide bonds. The second-order valence-corrected chi connectivity index (χ2v) is 6.07. The number of anilines is 2. The number of thiophene rings is 1. The minimum Gasteiger partial charge on any atom is -0.465 e. The van der Waals surface area contributed by atoms with Crippen LogP contribution in [0, 0.1) is 6.92 Å². The molecule has 0 radical (unpaired) electrons. The van der Waals surface area contributed by atoms with Gasteiger partial charge < -0.3 is 10.1 Å². The number of rotatable bonds is 4. The number of hydrogen-bond donors (Lipinski definition) is 1. The van der Waals surface area contributed by atoms with E-state index in [2.05, 4.69) is 18.3 Å². The van der Waals surface area contributed by atoms with E-state index >= 15 is 0 Å². The predicted molar refractivity (Wildman–Crippen MR) is 81.9 cm³/mol. The summed E-state index contributed by atoms with van der Waals surface area (Å²) in [6.07, 6.45) is 2.00. The van der Waals surface area contributed by atoms with Crippen LogP contribution >= 0.6 is 23.1 Å². The number of thioether (sulfide) groups is 1. The van der Waals surface area contributed by atoms with Gasteiger partial charge in [-0.15, -0.1) is 23.1 Å². The molecule has 0 spiro atoms. The molecule has 3 nitrogen and oxygen atoms in total. The molecule has 100 valence electrons. The SMILES string of the molecule is COC(=O)c1cc(Nc2ccccc2C)c(SC)s1. The zero-order chi connectivity index (χ0) is 13.8. The highest BCUT2D eigenvalue weighted by molar-refractivity contribution is 8.00. The Kier molecular flexibility index (Phi) is 4.50. The zero-order valence-electron chi connectivity index (χ0n) is 11.0. The van der Waals surface area contributed by atoms with Crippen molar-refractivity contribution in [1.29, 1.82) is 0 Å². The number of para-hydroxylation sites is 1. The number of ether oxygens (including phenoxy) is 1. The van der Waals surface area contributed by atoms with E-state index in [9.17, 15) is 4.79 Å². The second kappa shape index (κ2) is 6.12. The Labute approximate surface area is 121 Å². The molecule has 0 bridgehead atoms. The molecule has 5 heteroatoms. The Morgan fingerprint density at radius 2 is 2.05 bits per heavy atom. The summed E-state index contributed by atoms with van der Waals surface area (Å²) in [4.78, 5) is 12.2. The van der Waals surface area contributed by atoms with Crippen molar-refractivity contribution in [3.8, 4) is 0 Å². The van der Waals surface area contributed by atoms with Crippen LogP contribution in [0.5, 0.6) is 0 Å². The van der Waals surface area contributed by atoms with Crippen LogP contribution in [0.3, 0.4) is 0 Å². The Morgan fingerprint density at radius 1 is 1.32 bits per heavy atom. The number of carbonyl (C=O) groups is 1. The minimum absolute atomic E-state index is 0.293. The number of hydrogen-bond acceptors (Lipinski definition) is 5. The van der Waals surface area contributed by atoms with Gasteiger partial charge in [-0.1, -0.05) is 18.2 Å². The Morgan fingerprint density at radius 3 is 2.68 bits per heavy atom. The lowest BCUT2D eigenvalue weighted by Gasteiger charge is -2.08. The van der Waals surface area contributed by atoms with E-state index in [0.29, 0.717) is 4.88 Å². The standard InChI is InChI=1S/C14H15NO2S2/c1-9-6-4-5-7-10(9)15-11-8-12(13(16)17-2)19-14(11)18-3/h4-8,15H,1-3H3. The molecule has 2 rings (SSSR count). The third-order valence-electron chi connectivity index (χ3n) is 2.68. The molecule has 2 aromatic rings. The van der Waals surface area contributed by atoms with Crippen LogP contribution in [-0.4, -0.2) is 19.3 Å². The highest BCUT2D eigenvalue weighted by Crippen LogP contribution is 2.37. The first-order valence-electron chi connectivity index (χ1n) is 5.74. The number of benzene rings is 1. The van der Waals surface area contributed by atoms with Gasteiger partial charge in [0.05, 0.1) is 17.0 Å². The summed E-state index contributed by atoms with van der Waals surface area (Å²) in [6, 6.07) is 9.91. The molecular formula is C14H15NO2S2. The fraction of sp³-hybridized carbons (Fsp3) is 0.214. The molecule has 1 heterocycles. The lowest BCUT2D eigenvalue weighted by Crippen LogP contribution is -1.97. The van der Waals surface area contributed by atoms with Crippen molar-refractivity contribution in [1.82, 2.24) is 0 Å². The van der Waals surface area contributed by atoms with Crippen molar-refractivity contribution < 1.29 is 9.53 Å². The van der Waals surface area contributed by atoms with E-state index in [0.717, 1.165) is 15.6 Å². The van der Waals surface area contributed by atoms with Gasteiger partial charge in [0.2, 0.25) is 0 Å². The van der Waals surface area contributed by atoms with Crippen LogP contribution in [-0.2, 0) is 4.74 Å². The van der Waals surface area contributed by atoms with Gasteiger partial charge in [-0.05, 0) is 30.9 Å². The van der Waals surface area contributed by atoms with Crippen LogP contribution in [0.2, 0.25) is 0 Å². The van der Waals surface area contributed by atoms with Crippen LogP contribution in [0.4, 0.5) is 11.4 Å². The number of esters is 1. The quantitative estimate of drug-likeness (QED) is 0.673. The monoisotopic (exact) mass is 293 g/mol. The topological polar surface area (TPSA) is 38.3 Å². The Bertz CT molecular complexity index is 593. The third kappa shape index (κ3) is 3.11. The van der Waals surface area contributed by atoms with Crippen molar-refractivity contribution in [2.45, 2.75) is 11.1 Å². The van der Waals surface area contributed by atoms with E-state index in [-0.39, 0.29) is 5.97 Å². The Balaban J connectivity index is 2.32. The summed E-state index contributed by atoms with van der Waals surface area (Å²) >= 11 is 3.06. The fourth-order valence-corrected chi connectivity index (χ4v) is 3.37. The maximum absolute atomic E-state index is 11.6. The van der Waals surface area contributed by atoms with Gasteiger partial charge in [0.25, 0.3) is 0 Å². The summed E-state index contributed by atoms with van der Waals surface area (Å²) in [7, 11) is 1.40. The van der Waals surface area contributed by atoms with E-state index in [1.165, 1.54) is 24.0 Å². The minimum atomic E-state index is -0.293. The van der Waals surface area contributed by atoms with Crippen molar-refractivity contribution in [2.24, 2.45) is 0 Å². The number of nitrogens with one attached hydrogen (secondary N) is 1. The molecule has 1 N–H and O–H groups in total. The fourth-order valence-electron chi connectivity index (χ4n) is 1.67. The molecule has 0 fully saturated rings. The molecular weight excluding hydrogens is 278 g/mol. The normalized spacial score (nSPS) is 10.3. The summed E-state index contributed by atoms with van der Waals surface area (Å²) in [5.41, 5.74) is 3.17. The summed E-state index contributed by atoms with van der Waals surface area (Å²) in [5.74, 6) is -0.293. The van der Waals surface area contributed by atoms with Crippen LogP contribution < -0.4 is 5.32 Å².